The Hall–Kier alpha value is -2.88. The molecule has 102 valence electrons. The van der Waals surface area contributed by atoms with Gasteiger partial charge in [-0.1, -0.05) is 0 Å². The predicted octanol–water partition coefficient (Wildman–Crippen LogP) is 2.08. The Kier molecular flexibility index (Phi) is 3.96. The summed E-state index contributed by atoms with van der Waals surface area (Å²) in [6.07, 6.45) is 3.71. The normalized spacial score (nSPS) is 10.0. The Labute approximate surface area is 115 Å². The molecule has 1 aromatic carbocycles. The summed E-state index contributed by atoms with van der Waals surface area (Å²) in [5, 5.41) is 26.9. The van der Waals surface area contributed by atoms with E-state index in [-0.39, 0.29) is 11.3 Å². The van der Waals surface area contributed by atoms with Crippen LogP contribution in [0, 0.1) is 28.4 Å². The molecule has 7 heteroatoms. The first-order valence-electron chi connectivity index (χ1n) is 6.01. The van der Waals surface area contributed by atoms with Crippen molar-refractivity contribution < 1.29 is 4.92 Å². The quantitative estimate of drug-likeness (QED) is 0.663. The first-order chi connectivity index (χ1) is 9.60. The van der Waals surface area contributed by atoms with Crippen molar-refractivity contribution >= 4 is 11.4 Å². The van der Waals surface area contributed by atoms with E-state index in [2.05, 4.69) is 10.4 Å². The highest BCUT2D eigenvalue weighted by Crippen LogP contribution is 2.21. The van der Waals surface area contributed by atoms with E-state index in [4.69, 9.17) is 5.26 Å². The summed E-state index contributed by atoms with van der Waals surface area (Å²) in [4.78, 5) is 10.2. The van der Waals surface area contributed by atoms with Gasteiger partial charge >= 0.3 is 0 Å². The van der Waals surface area contributed by atoms with Crippen LogP contribution in [-0.2, 0) is 6.54 Å². The second-order valence-electron chi connectivity index (χ2n) is 4.31. The van der Waals surface area contributed by atoms with Crippen molar-refractivity contribution in [2.75, 3.05) is 11.9 Å². The number of hydrogen-bond donors (Lipinski definition) is 1. The number of aryl methyl sites for hydroxylation is 1. The number of benzene rings is 1. The Balaban J connectivity index is 2.00. The van der Waals surface area contributed by atoms with Crippen molar-refractivity contribution in [3.05, 3.63) is 51.8 Å². The van der Waals surface area contributed by atoms with E-state index in [1.807, 2.05) is 19.2 Å². The lowest BCUT2D eigenvalue weighted by Crippen LogP contribution is -2.11. The van der Waals surface area contributed by atoms with Gasteiger partial charge in [-0.05, 0) is 24.6 Å². The molecular weight excluding hydrogens is 258 g/mol. The molecule has 0 amide bonds. The molecule has 1 heterocycles. The fourth-order valence-corrected chi connectivity index (χ4v) is 1.80. The van der Waals surface area contributed by atoms with Crippen molar-refractivity contribution in [1.29, 1.82) is 5.26 Å². The molecule has 0 fully saturated rings. The number of hydrogen-bond acceptors (Lipinski definition) is 5. The minimum atomic E-state index is -0.561. The van der Waals surface area contributed by atoms with E-state index in [0.29, 0.717) is 18.8 Å². The van der Waals surface area contributed by atoms with E-state index >= 15 is 0 Å². The van der Waals surface area contributed by atoms with Crippen molar-refractivity contribution in [2.24, 2.45) is 0 Å². The number of nitrogens with one attached hydrogen (secondary N) is 1. The summed E-state index contributed by atoms with van der Waals surface area (Å²) >= 11 is 0. The van der Waals surface area contributed by atoms with Gasteiger partial charge in [-0.25, -0.2) is 0 Å². The lowest BCUT2D eigenvalue weighted by atomic mass is 10.2. The van der Waals surface area contributed by atoms with E-state index < -0.39 is 4.92 Å². The minimum absolute atomic E-state index is 0.0509. The van der Waals surface area contributed by atoms with Crippen molar-refractivity contribution in [3.63, 3.8) is 0 Å². The number of rotatable bonds is 5. The monoisotopic (exact) mass is 271 g/mol. The van der Waals surface area contributed by atoms with E-state index in [9.17, 15) is 10.1 Å². The third-order valence-corrected chi connectivity index (χ3v) is 2.75. The summed E-state index contributed by atoms with van der Waals surface area (Å²) in [5.41, 5.74) is 1.64. The van der Waals surface area contributed by atoms with Gasteiger partial charge in [0.05, 0.1) is 17.7 Å². The van der Waals surface area contributed by atoms with Crippen LogP contribution in [0.15, 0.2) is 30.6 Å². The number of nitro benzene ring substituents is 1. The average Bonchev–Trinajstić information content (AvgIpc) is 2.84. The predicted molar refractivity (Wildman–Crippen MR) is 73.3 cm³/mol. The average molecular weight is 271 g/mol. The first-order valence-corrected chi connectivity index (χ1v) is 6.01. The molecule has 2 aromatic rings. The molecule has 0 bridgehead atoms. The van der Waals surface area contributed by atoms with E-state index in [0.717, 1.165) is 5.56 Å². The summed E-state index contributed by atoms with van der Waals surface area (Å²) < 4.78 is 1.80. The van der Waals surface area contributed by atoms with Crippen LogP contribution in [0.2, 0.25) is 0 Å². The molecule has 0 aliphatic heterocycles. The Morgan fingerprint density at radius 1 is 1.55 bits per heavy atom. The van der Waals surface area contributed by atoms with Crippen LogP contribution in [-0.4, -0.2) is 21.2 Å². The van der Waals surface area contributed by atoms with Gasteiger partial charge in [0.1, 0.15) is 11.6 Å². The zero-order chi connectivity index (χ0) is 14.5. The summed E-state index contributed by atoms with van der Waals surface area (Å²) in [7, 11) is 0. The van der Waals surface area contributed by atoms with Crippen LogP contribution in [0.1, 0.15) is 11.1 Å². The van der Waals surface area contributed by atoms with Gasteiger partial charge in [-0.3, -0.25) is 14.8 Å². The van der Waals surface area contributed by atoms with Gasteiger partial charge in [0.25, 0.3) is 5.69 Å². The smallest absolute Gasteiger partial charge is 0.287 e. The molecule has 0 aliphatic rings. The Bertz CT molecular complexity index is 672. The van der Waals surface area contributed by atoms with Gasteiger partial charge in [0.15, 0.2) is 0 Å². The lowest BCUT2D eigenvalue weighted by molar-refractivity contribution is -0.385. The van der Waals surface area contributed by atoms with Gasteiger partial charge in [0, 0.05) is 24.5 Å². The fourth-order valence-electron chi connectivity index (χ4n) is 1.80. The molecule has 0 atom stereocenters. The number of nitriles is 1. The molecule has 20 heavy (non-hydrogen) atoms. The van der Waals surface area contributed by atoms with Crippen LogP contribution in [0.4, 0.5) is 11.4 Å². The number of anilines is 1. The maximum atomic E-state index is 10.7. The molecule has 0 saturated carbocycles. The summed E-state index contributed by atoms with van der Waals surface area (Å²) in [5.74, 6) is 0. The highest BCUT2D eigenvalue weighted by molar-refractivity contribution is 5.58. The number of nitro groups is 1. The maximum absolute atomic E-state index is 10.7. The molecule has 1 aromatic heterocycles. The third kappa shape index (κ3) is 3.11. The Morgan fingerprint density at radius 2 is 2.35 bits per heavy atom. The van der Waals surface area contributed by atoms with Crippen molar-refractivity contribution in [3.8, 4) is 6.07 Å². The standard InChI is InChI=1S/C13H13N5O2/c1-10-8-16-17(9-10)5-4-15-12-2-3-13(18(19)20)11(6-12)7-14/h2-3,6,8-9,15H,4-5H2,1H3. The largest absolute Gasteiger partial charge is 0.383 e. The second-order valence-corrected chi connectivity index (χ2v) is 4.31. The molecule has 0 spiro atoms. The molecule has 0 saturated heterocycles. The number of aromatic nitrogens is 2. The maximum Gasteiger partial charge on any atom is 0.287 e. The van der Waals surface area contributed by atoms with Crippen LogP contribution >= 0.6 is 0 Å². The fraction of sp³-hybridized carbons (Fsp3) is 0.231. The van der Waals surface area contributed by atoms with Gasteiger partial charge in [-0.15, -0.1) is 0 Å². The lowest BCUT2D eigenvalue weighted by Gasteiger charge is -2.07. The molecule has 0 aliphatic carbocycles. The van der Waals surface area contributed by atoms with Gasteiger partial charge in [-0.2, -0.15) is 10.4 Å². The molecule has 1 N–H and O–H groups in total. The number of nitrogens with zero attached hydrogens (tertiary/aromatic N) is 4. The SMILES string of the molecule is Cc1cnn(CCNc2ccc([N+](=O)[O-])c(C#N)c2)c1. The van der Waals surface area contributed by atoms with Crippen LogP contribution in [0.5, 0.6) is 0 Å². The molecule has 2 rings (SSSR count). The Morgan fingerprint density at radius 3 is 2.95 bits per heavy atom. The van der Waals surface area contributed by atoms with E-state index in [1.165, 1.54) is 12.1 Å². The van der Waals surface area contributed by atoms with Crippen LogP contribution in [0.3, 0.4) is 0 Å². The van der Waals surface area contributed by atoms with Crippen molar-refractivity contribution in [2.45, 2.75) is 13.5 Å². The highest BCUT2D eigenvalue weighted by atomic mass is 16.6. The van der Waals surface area contributed by atoms with Gasteiger partial charge in [0.2, 0.25) is 0 Å². The molecule has 0 unspecified atom stereocenters. The van der Waals surface area contributed by atoms with Crippen molar-refractivity contribution in [1.82, 2.24) is 9.78 Å². The third-order valence-electron chi connectivity index (χ3n) is 2.75. The zero-order valence-corrected chi connectivity index (χ0v) is 10.9. The summed E-state index contributed by atoms with van der Waals surface area (Å²) in [6.45, 7) is 3.25. The topological polar surface area (TPSA) is 96.8 Å². The van der Waals surface area contributed by atoms with E-state index in [1.54, 1.807) is 16.9 Å². The first kappa shape index (κ1) is 13.5. The van der Waals surface area contributed by atoms with Crippen LogP contribution in [0.25, 0.3) is 0 Å². The van der Waals surface area contributed by atoms with Gasteiger partial charge < -0.3 is 5.32 Å². The molecule has 0 radical (unpaired) electrons. The molecular formula is C13H13N5O2. The highest BCUT2D eigenvalue weighted by Gasteiger charge is 2.13. The molecule has 7 nitrogen and oxygen atoms in total. The minimum Gasteiger partial charge on any atom is -0.383 e. The summed E-state index contributed by atoms with van der Waals surface area (Å²) in [6, 6.07) is 6.23. The zero-order valence-electron chi connectivity index (χ0n) is 10.9. The van der Waals surface area contributed by atoms with Crippen LogP contribution < -0.4 is 5.32 Å². The second kappa shape index (κ2) is 5.84.